The van der Waals surface area contributed by atoms with Gasteiger partial charge in [0, 0.05) is 6.61 Å². The van der Waals surface area contributed by atoms with Crippen molar-refractivity contribution in [2.24, 2.45) is 0 Å². The van der Waals surface area contributed by atoms with Crippen molar-refractivity contribution in [1.82, 2.24) is 9.44 Å². The van der Waals surface area contributed by atoms with Gasteiger partial charge in [-0.25, -0.2) is 43.1 Å². The number of aliphatic hydroxyl groups is 7. The van der Waals surface area contributed by atoms with Crippen LogP contribution in [0.4, 0.5) is 0 Å². The van der Waals surface area contributed by atoms with Crippen LogP contribution in [0.3, 0.4) is 0 Å². The molecule has 4 aliphatic rings. The second-order valence-corrected chi connectivity index (χ2v) is 18.5. The molecule has 0 aromatic carbocycles. The Bertz CT molecular complexity index is 2150. The molecule has 0 amide bonds. The van der Waals surface area contributed by atoms with Crippen LogP contribution in [0.15, 0.2) is 0 Å². The molecule has 0 radical (unpaired) electrons. The topological polar surface area (TPSA) is 567 Å². The molecule has 9 N–H and O–H groups in total. The van der Waals surface area contributed by atoms with E-state index in [1.54, 1.807) is 0 Å². The second-order valence-electron chi connectivity index (χ2n) is 14.2. The molecule has 4 rings (SSSR count). The number of aliphatic hydroxyl groups excluding tert-OH is 7. The molecule has 4 heterocycles. The van der Waals surface area contributed by atoms with Gasteiger partial charge in [-0.3, -0.25) is 8.37 Å². The molecule has 20 atom stereocenters. The summed E-state index contributed by atoms with van der Waals surface area (Å²) in [5.41, 5.74) is 0. The molecule has 386 valence electrons. The maximum Gasteiger partial charge on any atom is 1.00 e. The summed E-state index contributed by atoms with van der Waals surface area (Å²) in [6, 6.07) is -5.15. The third-order valence-corrected chi connectivity index (χ3v) is 11.7. The van der Waals surface area contributed by atoms with Crippen molar-refractivity contribution in [1.29, 1.82) is 0 Å². The summed E-state index contributed by atoms with van der Waals surface area (Å²) in [6.07, 6.45) is -46.5. The summed E-state index contributed by atoms with van der Waals surface area (Å²) in [6.45, 7) is -1.54. The van der Waals surface area contributed by atoms with E-state index in [1.807, 2.05) is 0 Å². The van der Waals surface area contributed by atoms with Crippen LogP contribution in [0.5, 0.6) is 0 Å². The Labute approximate surface area is 542 Å². The summed E-state index contributed by atoms with van der Waals surface area (Å²) in [5.74, 6) is -4.77. The van der Waals surface area contributed by atoms with Gasteiger partial charge < -0.3 is 112 Å². The molecule has 0 unspecified atom stereocenters. The molecule has 45 heteroatoms. The van der Waals surface area contributed by atoms with Crippen molar-refractivity contribution in [3.05, 3.63) is 0 Å². The average molecular weight is 1190 g/mol. The van der Waals surface area contributed by atoms with E-state index in [2.05, 4.69) is 8.37 Å². The zero-order chi connectivity index (χ0) is 50.0. The first-order valence-corrected chi connectivity index (χ1v) is 23.8. The van der Waals surface area contributed by atoms with E-state index in [-0.39, 0.29) is 190 Å². The van der Waals surface area contributed by atoms with Crippen LogP contribution in [0.2, 0.25) is 0 Å². The minimum Gasteiger partial charge on any atom is -0.735 e. The standard InChI is InChI=1S/C27H46N2O33S4.6Na/c1-2-3-53-26-18(61-65(47,48)49)13(35)16(20(59-26)22(37)38)58-25-9(29-64(44,45)46)12(34)15(7(5-31)55-25)56-27-19(62-66(50,51)52)14(36)17(21(60-27)23(39)40)57-24-8(28-63(41,42)43)11(33)10(32)6(4-30)54-24;;;;;;/h6-21,24-36H,2-5H2,1H3,(H,37,38)(H,39,40)(H,41,42,43)(H,44,45,46)(H,47,48,49)(H,50,51,52);;;;;;/q;6*+1/p-6/t6-,7-,8-,9-,10-,11-,12-,13+,14+,15-,16+,17+,18-,19-,20-,21+,24-,25-,26-,27-;;;;;;/m1....../s1. The number of carboxylic acid groups (broad SMARTS) is 2. The van der Waals surface area contributed by atoms with Gasteiger partial charge in [0.15, 0.2) is 58.0 Å². The van der Waals surface area contributed by atoms with Crippen molar-refractivity contribution in [2.45, 2.75) is 136 Å². The minimum absolute atomic E-state index is 0. The molecule has 0 aromatic rings. The fraction of sp³-hybridized carbons (Fsp3) is 0.926. The molecule has 0 saturated carbocycles. The molecule has 0 bridgehead atoms. The van der Waals surface area contributed by atoms with Crippen LogP contribution in [0.1, 0.15) is 13.3 Å². The van der Waals surface area contributed by atoms with E-state index in [1.165, 1.54) is 16.4 Å². The molecule has 0 aliphatic carbocycles. The smallest absolute Gasteiger partial charge is 0.735 e. The fourth-order valence-corrected chi connectivity index (χ4v) is 9.01. The summed E-state index contributed by atoms with van der Waals surface area (Å²) < 4.78 is 194. The normalized spacial score (nSPS) is 37.3. The maximum absolute atomic E-state index is 12.4. The van der Waals surface area contributed by atoms with E-state index < -0.39 is 189 Å². The number of nitrogens with one attached hydrogen (secondary N) is 2. The first-order valence-electron chi connectivity index (χ1n) is 18.3. The number of ether oxygens (including phenoxy) is 8. The molecule has 35 nitrogen and oxygen atoms in total. The van der Waals surface area contributed by atoms with Crippen molar-refractivity contribution < 1.29 is 331 Å². The minimum atomic E-state index is -6.14. The number of carboxylic acids is 2. The zero-order valence-corrected chi connectivity index (χ0v) is 54.0. The van der Waals surface area contributed by atoms with Gasteiger partial charge in [-0.1, -0.05) is 6.92 Å². The Morgan fingerprint density at radius 1 is 0.500 bits per heavy atom. The van der Waals surface area contributed by atoms with E-state index in [4.69, 9.17) is 37.9 Å². The van der Waals surface area contributed by atoms with E-state index in [0.29, 0.717) is 0 Å². The average Bonchev–Trinajstić information content (AvgIpc) is 3.17. The molecule has 0 spiro atoms. The predicted octanol–water partition coefficient (Wildman–Crippen LogP) is -31.7. The SMILES string of the molecule is CCCO[C@@H]1O[C@@H](C(=O)[O-])[C@@H](O[C@H]2O[C@H](CO)[C@@H](O[C@@H]3O[C@H](C(=O)[O-])[C@@H](O[C@H]4O[C@H](CO)[C@@H](O)[C@H](O)[C@H]4NS(=O)(=O)[O-])[C@H](O)[C@H]3OS(=O)(=O)[O-])[C@H](O)[C@H]2NS(=O)(=O)[O-])[C@H](O)[C@H]1OS(=O)(=O)[O-].[Na+].[Na+].[Na+].[Na+].[Na+].[Na+]. The molecule has 4 fully saturated rings. The van der Waals surface area contributed by atoms with Crippen LogP contribution >= 0.6 is 0 Å². The molecule has 0 aromatic heterocycles. The molecular formula is C27H40N2Na6O33S4. The Kier molecular flexibility index (Phi) is 37.6. The Morgan fingerprint density at radius 2 is 0.861 bits per heavy atom. The Morgan fingerprint density at radius 3 is 1.22 bits per heavy atom. The summed E-state index contributed by atoms with van der Waals surface area (Å²) >= 11 is 0. The largest absolute Gasteiger partial charge is 1.00 e. The van der Waals surface area contributed by atoms with Crippen LogP contribution in [0.25, 0.3) is 0 Å². The van der Waals surface area contributed by atoms with Crippen LogP contribution < -0.4 is 197 Å². The van der Waals surface area contributed by atoms with Gasteiger partial charge in [0.1, 0.15) is 85.3 Å². The number of rotatable bonds is 21. The molecule has 72 heavy (non-hydrogen) atoms. The number of carbonyl (C=O) groups excluding carboxylic acids is 2. The van der Waals surface area contributed by atoms with E-state index >= 15 is 0 Å². The first kappa shape index (κ1) is 80.0. The maximum atomic E-state index is 12.4. The van der Waals surface area contributed by atoms with Gasteiger partial charge in [0.2, 0.25) is 20.8 Å². The number of hydrogen-bond acceptors (Lipinski definition) is 33. The van der Waals surface area contributed by atoms with Gasteiger partial charge in [-0.2, -0.15) is 0 Å². The Balaban J connectivity index is -0.00000793. The molecular weight excluding hydrogens is 1150 g/mol. The van der Waals surface area contributed by atoms with Crippen molar-refractivity contribution in [3.8, 4) is 0 Å². The third kappa shape index (κ3) is 22.5. The van der Waals surface area contributed by atoms with E-state index in [9.17, 15) is 107 Å². The van der Waals surface area contributed by atoms with Crippen molar-refractivity contribution in [3.63, 3.8) is 0 Å². The van der Waals surface area contributed by atoms with Gasteiger partial charge >= 0.3 is 177 Å². The number of aliphatic carboxylic acids is 2. The fourth-order valence-electron chi connectivity index (χ4n) is 6.89. The molecule has 4 aliphatic heterocycles. The van der Waals surface area contributed by atoms with Crippen LogP contribution in [-0.4, -0.2) is 242 Å². The molecule has 4 saturated heterocycles. The van der Waals surface area contributed by atoms with Crippen molar-refractivity contribution >= 4 is 53.3 Å². The first-order chi connectivity index (χ1) is 30.3. The monoisotopic (exact) mass is 1190 g/mol. The van der Waals surface area contributed by atoms with Crippen LogP contribution in [0, 0.1) is 0 Å². The van der Waals surface area contributed by atoms with Gasteiger partial charge in [0.05, 0.1) is 25.2 Å². The van der Waals surface area contributed by atoms with E-state index in [0.717, 1.165) is 0 Å². The van der Waals surface area contributed by atoms with Crippen LogP contribution in [-0.2, 0) is 97.3 Å². The summed E-state index contributed by atoms with van der Waals surface area (Å²) in [5, 5.41) is 98.9. The van der Waals surface area contributed by atoms with Gasteiger partial charge in [-0.15, -0.1) is 0 Å². The second kappa shape index (κ2) is 33.8. The van der Waals surface area contributed by atoms with Gasteiger partial charge in [0.25, 0.3) is 0 Å². The predicted molar refractivity (Wildman–Crippen MR) is 182 cm³/mol. The number of carbonyl (C=O) groups is 2. The third-order valence-electron chi connectivity index (χ3n) is 9.62. The zero-order valence-electron chi connectivity index (χ0n) is 38.8. The quantitative estimate of drug-likeness (QED) is 0.0293. The number of hydrogen-bond donors (Lipinski definition) is 9. The summed E-state index contributed by atoms with van der Waals surface area (Å²) in [4.78, 5) is 24.6. The van der Waals surface area contributed by atoms with Crippen molar-refractivity contribution in [2.75, 3.05) is 19.8 Å². The van der Waals surface area contributed by atoms with Gasteiger partial charge in [-0.05, 0) is 6.42 Å². The summed E-state index contributed by atoms with van der Waals surface area (Å²) in [7, 11) is -23.5. The Hall–Kier alpha value is 3.82.